The van der Waals surface area contributed by atoms with Gasteiger partial charge in [0.2, 0.25) is 0 Å². The van der Waals surface area contributed by atoms with Crippen LogP contribution in [0.5, 0.6) is 0 Å². The van der Waals surface area contributed by atoms with E-state index in [9.17, 15) is 22.8 Å². The summed E-state index contributed by atoms with van der Waals surface area (Å²) in [6, 6.07) is 6.47. The quantitative estimate of drug-likeness (QED) is 0.240. The molecule has 0 spiro atoms. The van der Waals surface area contributed by atoms with Crippen LogP contribution in [0.15, 0.2) is 66.8 Å². The predicted molar refractivity (Wildman–Crippen MR) is 136 cm³/mol. The monoisotopic (exact) mass is 532 g/mol. The number of carbonyl (C=O) groups excluding carboxylic acids is 2. The molecular formula is C29H31F3O6. The molecule has 0 aromatic heterocycles. The van der Waals surface area contributed by atoms with Gasteiger partial charge in [-0.3, -0.25) is 4.79 Å². The van der Waals surface area contributed by atoms with Crippen LogP contribution in [0.3, 0.4) is 0 Å². The zero-order valence-corrected chi connectivity index (χ0v) is 21.5. The van der Waals surface area contributed by atoms with Crippen molar-refractivity contribution in [1.82, 2.24) is 0 Å². The summed E-state index contributed by atoms with van der Waals surface area (Å²) in [6.45, 7) is 3.37. The SMILES string of the molecule is CO[C@@](C(=O)O[C@H](/C=C/C=C/C#CC#C/C=C/CO)CCOC(=O)CC(C)C)(c1ccccc1)C(F)(F)F. The fourth-order valence-corrected chi connectivity index (χ4v) is 3.04. The number of carbonyl (C=O) groups is 2. The average Bonchev–Trinajstić information content (AvgIpc) is 2.85. The first-order valence-electron chi connectivity index (χ1n) is 11.7. The Labute approximate surface area is 221 Å². The van der Waals surface area contributed by atoms with Crippen molar-refractivity contribution < 1.29 is 42.1 Å². The molecule has 0 radical (unpaired) electrons. The minimum atomic E-state index is -5.12. The normalized spacial score (nSPS) is 14.0. The van der Waals surface area contributed by atoms with Gasteiger partial charge in [-0.2, -0.15) is 13.2 Å². The van der Waals surface area contributed by atoms with Crippen molar-refractivity contribution >= 4 is 11.9 Å². The van der Waals surface area contributed by atoms with E-state index in [0.29, 0.717) is 0 Å². The fourth-order valence-electron chi connectivity index (χ4n) is 3.04. The van der Waals surface area contributed by atoms with Crippen LogP contribution >= 0.6 is 0 Å². The van der Waals surface area contributed by atoms with E-state index in [1.165, 1.54) is 54.7 Å². The number of alkyl halides is 3. The Morgan fingerprint density at radius 2 is 1.71 bits per heavy atom. The molecule has 0 aliphatic carbocycles. The van der Waals surface area contributed by atoms with E-state index in [0.717, 1.165) is 19.2 Å². The van der Waals surface area contributed by atoms with E-state index in [2.05, 4.69) is 23.7 Å². The summed E-state index contributed by atoms with van der Waals surface area (Å²) >= 11 is 0. The Morgan fingerprint density at radius 1 is 1.05 bits per heavy atom. The second-order valence-electron chi connectivity index (χ2n) is 8.17. The molecule has 0 fully saturated rings. The molecule has 1 aromatic rings. The second-order valence-corrected chi connectivity index (χ2v) is 8.17. The number of hydrogen-bond donors (Lipinski definition) is 1. The van der Waals surface area contributed by atoms with Crippen molar-refractivity contribution in [2.45, 2.75) is 44.6 Å². The maximum atomic E-state index is 14.2. The minimum Gasteiger partial charge on any atom is -0.466 e. The Bertz CT molecular complexity index is 1100. The van der Waals surface area contributed by atoms with Gasteiger partial charge in [-0.05, 0) is 36.0 Å². The number of methoxy groups -OCH3 is 1. The zero-order valence-electron chi connectivity index (χ0n) is 21.5. The number of benzene rings is 1. The number of hydrogen-bond acceptors (Lipinski definition) is 6. The fraction of sp³-hybridized carbons (Fsp3) is 0.379. The second kappa shape index (κ2) is 16.9. The maximum Gasteiger partial charge on any atom is 0.432 e. The lowest BCUT2D eigenvalue weighted by atomic mass is 9.92. The Kier molecular flexibility index (Phi) is 14.3. The summed E-state index contributed by atoms with van der Waals surface area (Å²) in [7, 11) is 0.782. The largest absolute Gasteiger partial charge is 0.466 e. The van der Waals surface area contributed by atoms with Crippen molar-refractivity contribution in [3.8, 4) is 23.7 Å². The summed E-state index contributed by atoms with van der Waals surface area (Å²) in [4.78, 5) is 24.8. The van der Waals surface area contributed by atoms with Crippen molar-refractivity contribution in [2.75, 3.05) is 20.3 Å². The highest BCUT2D eigenvalue weighted by molar-refractivity contribution is 5.83. The first kappa shape index (κ1) is 32.2. The number of ether oxygens (including phenoxy) is 3. The van der Waals surface area contributed by atoms with E-state index in [1.807, 2.05) is 13.8 Å². The molecule has 0 saturated carbocycles. The summed E-state index contributed by atoms with van der Waals surface area (Å²) in [6.07, 6.45) is 2.39. The molecule has 204 valence electrons. The zero-order chi connectivity index (χ0) is 28.4. The highest BCUT2D eigenvalue weighted by atomic mass is 19.4. The molecule has 0 unspecified atom stereocenters. The summed E-state index contributed by atoms with van der Waals surface area (Å²) < 4.78 is 57.7. The van der Waals surface area contributed by atoms with E-state index >= 15 is 0 Å². The van der Waals surface area contributed by atoms with E-state index in [-0.39, 0.29) is 32.0 Å². The van der Waals surface area contributed by atoms with Gasteiger partial charge in [0, 0.05) is 25.5 Å². The van der Waals surface area contributed by atoms with Crippen molar-refractivity contribution in [2.24, 2.45) is 5.92 Å². The number of aliphatic hydroxyl groups excluding tert-OH is 1. The van der Waals surface area contributed by atoms with Gasteiger partial charge < -0.3 is 19.3 Å². The topological polar surface area (TPSA) is 82.1 Å². The van der Waals surface area contributed by atoms with Crippen LogP contribution in [0.2, 0.25) is 0 Å². The maximum absolute atomic E-state index is 14.2. The molecule has 0 amide bonds. The van der Waals surface area contributed by atoms with Crippen LogP contribution in [0.1, 0.15) is 32.3 Å². The first-order valence-corrected chi connectivity index (χ1v) is 11.7. The van der Waals surface area contributed by atoms with Gasteiger partial charge in [0.1, 0.15) is 6.10 Å². The molecule has 0 bridgehead atoms. The van der Waals surface area contributed by atoms with Crippen LogP contribution in [-0.2, 0) is 29.4 Å². The van der Waals surface area contributed by atoms with Gasteiger partial charge in [0.15, 0.2) is 0 Å². The minimum absolute atomic E-state index is 0.0673. The third-order valence-electron chi connectivity index (χ3n) is 4.80. The standard InChI is InChI=1S/C29H31F3O6/c1-23(2)22-26(34)37-21-19-25(18-14-9-7-5-4-6-8-10-15-20-33)38-27(35)28(36-3,29(30,31)32)24-16-12-11-13-17-24/h7,9-18,23,25,33H,19-22H2,1-3H3/b9-7+,15-10+,18-14+/t25-,28-/m1/s1. The lowest BCUT2D eigenvalue weighted by molar-refractivity contribution is -0.277. The third-order valence-corrected chi connectivity index (χ3v) is 4.80. The predicted octanol–water partition coefficient (Wildman–Crippen LogP) is 4.65. The van der Waals surface area contributed by atoms with E-state index < -0.39 is 35.4 Å². The molecule has 2 atom stereocenters. The van der Waals surface area contributed by atoms with Crippen LogP contribution in [0, 0.1) is 29.6 Å². The van der Waals surface area contributed by atoms with Crippen LogP contribution in [0.25, 0.3) is 0 Å². The highest BCUT2D eigenvalue weighted by Crippen LogP contribution is 2.43. The summed E-state index contributed by atoms with van der Waals surface area (Å²) in [5, 5.41) is 8.61. The average molecular weight is 533 g/mol. The Morgan fingerprint density at radius 3 is 2.29 bits per heavy atom. The summed E-state index contributed by atoms with van der Waals surface area (Å²) in [5.41, 5.74) is -3.78. The number of aliphatic hydroxyl groups is 1. The molecule has 38 heavy (non-hydrogen) atoms. The van der Waals surface area contributed by atoms with Gasteiger partial charge in [-0.25, -0.2) is 4.79 Å². The van der Waals surface area contributed by atoms with Crippen LogP contribution in [0.4, 0.5) is 13.2 Å². The lowest BCUT2D eigenvalue weighted by Gasteiger charge is -2.33. The lowest BCUT2D eigenvalue weighted by Crippen LogP contribution is -2.52. The van der Waals surface area contributed by atoms with Gasteiger partial charge in [0.25, 0.3) is 5.60 Å². The van der Waals surface area contributed by atoms with Gasteiger partial charge in [-0.15, -0.1) is 0 Å². The first-order chi connectivity index (χ1) is 18.1. The third kappa shape index (κ3) is 10.7. The Balaban J connectivity index is 3.11. The van der Waals surface area contributed by atoms with Gasteiger partial charge in [-0.1, -0.05) is 74.2 Å². The molecule has 9 heteroatoms. The molecule has 1 rings (SSSR count). The number of esters is 2. The molecule has 1 aromatic carbocycles. The van der Waals surface area contributed by atoms with E-state index in [1.54, 1.807) is 0 Å². The molecule has 0 aliphatic rings. The number of halogens is 3. The van der Waals surface area contributed by atoms with Crippen LogP contribution in [-0.4, -0.2) is 49.6 Å². The van der Waals surface area contributed by atoms with Crippen molar-refractivity contribution in [3.05, 3.63) is 72.4 Å². The molecule has 0 heterocycles. The van der Waals surface area contributed by atoms with Crippen molar-refractivity contribution in [3.63, 3.8) is 0 Å². The van der Waals surface area contributed by atoms with Gasteiger partial charge >= 0.3 is 18.1 Å². The van der Waals surface area contributed by atoms with Gasteiger partial charge in [0.05, 0.1) is 13.2 Å². The molecule has 6 nitrogen and oxygen atoms in total. The molecule has 0 saturated heterocycles. The van der Waals surface area contributed by atoms with E-state index in [4.69, 9.17) is 19.3 Å². The number of allylic oxidation sites excluding steroid dienone is 4. The molecular weight excluding hydrogens is 501 g/mol. The highest BCUT2D eigenvalue weighted by Gasteiger charge is 2.64. The smallest absolute Gasteiger partial charge is 0.432 e. The molecule has 0 aliphatic heterocycles. The Hall–Kier alpha value is -3.79. The summed E-state index contributed by atoms with van der Waals surface area (Å²) in [5.74, 6) is 8.23. The number of rotatable bonds is 12. The van der Waals surface area contributed by atoms with Crippen molar-refractivity contribution in [1.29, 1.82) is 0 Å². The van der Waals surface area contributed by atoms with Crippen LogP contribution < -0.4 is 0 Å². The molecule has 1 N–H and O–H groups in total.